The second-order valence-electron chi connectivity index (χ2n) is 7.69. The zero-order valence-corrected chi connectivity index (χ0v) is 14.8. The standard InChI is InChI=1S/C20H24N4O2/c25-20(19-23-22-16-8-4-5-10-24(16)19)21-17-14-9-11-26-18(14)15(17)12-13-6-2-1-3-7-13/h1-3,6-7,14-15,17-18H,4-5,8-12H2,(H,21,25)/t14-,15+,17-,18-/m0/s1. The molecule has 1 aromatic heterocycles. The van der Waals surface area contributed by atoms with Crippen molar-refractivity contribution >= 4 is 5.91 Å². The summed E-state index contributed by atoms with van der Waals surface area (Å²) in [6.07, 6.45) is 5.36. The second-order valence-corrected chi connectivity index (χ2v) is 7.69. The fourth-order valence-electron chi connectivity index (χ4n) is 4.87. The number of carbonyl (C=O) groups excluding carboxylic acids is 1. The number of ether oxygens (including phenoxy) is 1. The Morgan fingerprint density at radius 3 is 3.00 bits per heavy atom. The maximum absolute atomic E-state index is 12.9. The van der Waals surface area contributed by atoms with E-state index in [4.69, 9.17) is 4.74 Å². The second kappa shape index (κ2) is 6.50. The molecule has 1 N–H and O–H groups in total. The smallest absolute Gasteiger partial charge is 0.289 e. The molecule has 1 saturated carbocycles. The quantitative estimate of drug-likeness (QED) is 0.914. The van der Waals surface area contributed by atoms with Gasteiger partial charge in [-0.15, -0.1) is 10.2 Å². The Morgan fingerprint density at radius 1 is 1.23 bits per heavy atom. The summed E-state index contributed by atoms with van der Waals surface area (Å²) < 4.78 is 7.94. The topological polar surface area (TPSA) is 69.0 Å². The lowest BCUT2D eigenvalue weighted by Gasteiger charge is -2.48. The van der Waals surface area contributed by atoms with Crippen LogP contribution in [0.3, 0.4) is 0 Å². The average Bonchev–Trinajstić information content (AvgIpc) is 3.30. The van der Waals surface area contributed by atoms with Gasteiger partial charge in [0.2, 0.25) is 5.82 Å². The summed E-state index contributed by atoms with van der Waals surface area (Å²) >= 11 is 0. The van der Waals surface area contributed by atoms with Gasteiger partial charge in [-0.05, 0) is 31.2 Å². The highest BCUT2D eigenvalue weighted by Crippen LogP contribution is 2.45. The maximum atomic E-state index is 12.9. The molecule has 136 valence electrons. The zero-order chi connectivity index (χ0) is 17.5. The van der Waals surface area contributed by atoms with Crippen molar-refractivity contribution in [3.8, 4) is 0 Å². The van der Waals surface area contributed by atoms with E-state index in [1.165, 1.54) is 5.56 Å². The molecule has 0 radical (unpaired) electrons. The van der Waals surface area contributed by atoms with E-state index in [2.05, 4.69) is 39.8 Å². The maximum Gasteiger partial charge on any atom is 0.289 e. The van der Waals surface area contributed by atoms with Crippen molar-refractivity contribution in [2.24, 2.45) is 11.8 Å². The van der Waals surface area contributed by atoms with Crippen LogP contribution in [-0.4, -0.2) is 39.4 Å². The lowest BCUT2D eigenvalue weighted by atomic mass is 9.64. The normalized spacial score (nSPS) is 29.5. The van der Waals surface area contributed by atoms with Crippen LogP contribution in [-0.2, 0) is 24.1 Å². The van der Waals surface area contributed by atoms with Gasteiger partial charge in [0, 0.05) is 37.5 Å². The zero-order valence-electron chi connectivity index (χ0n) is 14.8. The highest BCUT2D eigenvalue weighted by Gasteiger charge is 2.54. The molecule has 1 aliphatic carbocycles. The Balaban J connectivity index is 1.33. The molecule has 6 heteroatoms. The number of aryl methyl sites for hydroxylation is 1. The van der Waals surface area contributed by atoms with E-state index >= 15 is 0 Å². The number of rotatable bonds is 4. The average molecular weight is 352 g/mol. The van der Waals surface area contributed by atoms with Crippen LogP contribution in [0.4, 0.5) is 0 Å². The minimum Gasteiger partial charge on any atom is -0.377 e. The van der Waals surface area contributed by atoms with Crippen LogP contribution >= 0.6 is 0 Å². The van der Waals surface area contributed by atoms with Gasteiger partial charge in [0.05, 0.1) is 6.10 Å². The van der Waals surface area contributed by atoms with Crippen molar-refractivity contribution in [1.82, 2.24) is 20.1 Å². The van der Waals surface area contributed by atoms with Gasteiger partial charge in [-0.1, -0.05) is 30.3 Å². The number of nitrogens with one attached hydrogen (secondary N) is 1. The van der Waals surface area contributed by atoms with Gasteiger partial charge in [0.15, 0.2) is 0 Å². The largest absolute Gasteiger partial charge is 0.377 e. The van der Waals surface area contributed by atoms with Crippen molar-refractivity contribution in [3.63, 3.8) is 0 Å². The molecule has 4 atom stereocenters. The van der Waals surface area contributed by atoms with Crippen molar-refractivity contribution in [2.75, 3.05) is 6.61 Å². The van der Waals surface area contributed by atoms with Gasteiger partial charge in [-0.25, -0.2) is 0 Å². The van der Waals surface area contributed by atoms with Crippen molar-refractivity contribution < 1.29 is 9.53 Å². The van der Waals surface area contributed by atoms with E-state index in [0.29, 0.717) is 17.7 Å². The summed E-state index contributed by atoms with van der Waals surface area (Å²) in [5, 5.41) is 11.7. The summed E-state index contributed by atoms with van der Waals surface area (Å²) in [5.41, 5.74) is 1.30. The molecule has 1 amide bonds. The molecular formula is C20H24N4O2. The first-order valence-corrected chi connectivity index (χ1v) is 9.70. The third-order valence-corrected chi connectivity index (χ3v) is 6.20. The monoisotopic (exact) mass is 352 g/mol. The molecule has 6 nitrogen and oxygen atoms in total. The Labute approximate surface area is 153 Å². The van der Waals surface area contributed by atoms with Crippen LogP contribution in [0.5, 0.6) is 0 Å². The third kappa shape index (κ3) is 2.63. The van der Waals surface area contributed by atoms with Crippen molar-refractivity contribution in [1.29, 1.82) is 0 Å². The Morgan fingerprint density at radius 2 is 2.12 bits per heavy atom. The molecule has 1 saturated heterocycles. The number of hydrogen-bond acceptors (Lipinski definition) is 4. The molecule has 0 unspecified atom stereocenters. The highest BCUT2D eigenvalue weighted by atomic mass is 16.5. The number of amides is 1. The van der Waals surface area contributed by atoms with Crippen LogP contribution in [0.1, 0.15) is 41.3 Å². The van der Waals surface area contributed by atoms with Gasteiger partial charge in [0.25, 0.3) is 5.91 Å². The lowest BCUT2D eigenvalue weighted by Crippen LogP contribution is -2.62. The Bertz CT molecular complexity index is 803. The first kappa shape index (κ1) is 16.0. The molecule has 0 spiro atoms. The summed E-state index contributed by atoms with van der Waals surface area (Å²) in [4.78, 5) is 12.9. The molecule has 3 aliphatic rings. The molecule has 1 aromatic carbocycles. The first-order chi connectivity index (χ1) is 12.8. The summed E-state index contributed by atoms with van der Waals surface area (Å²) in [6.45, 7) is 1.64. The molecule has 2 aromatic rings. The fourth-order valence-corrected chi connectivity index (χ4v) is 4.87. The Kier molecular flexibility index (Phi) is 4.00. The van der Waals surface area contributed by atoms with Crippen molar-refractivity contribution in [3.05, 3.63) is 47.5 Å². The number of fused-ring (bicyclic) bond motifs is 2. The minimum atomic E-state index is -0.0842. The molecule has 2 aliphatic heterocycles. The third-order valence-electron chi connectivity index (χ3n) is 6.20. The molecular weight excluding hydrogens is 328 g/mol. The highest BCUT2D eigenvalue weighted by molar-refractivity contribution is 5.91. The van der Waals surface area contributed by atoms with E-state index in [-0.39, 0.29) is 18.1 Å². The summed E-state index contributed by atoms with van der Waals surface area (Å²) in [6, 6.07) is 10.6. The fraction of sp³-hybridized carbons (Fsp3) is 0.550. The Hall–Kier alpha value is -2.21. The SMILES string of the molecule is O=C(N[C@@H]1[C@@H](Cc2ccccc2)[C@H]2OCC[C@@H]12)c1nnc2n1CCCC2. The first-order valence-electron chi connectivity index (χ1n) is 9.70. The van der Waals surface area contributed by atoms with Crippen molar-refractivity contribution in [2.45, 2.75) is 50.8 Å². The van der Waals surface area contributed by atoms with Gasteiger partial charge < -0.3 is 14.6 Å². The van der Waals surface area contributed by atoms with E-state index in [1.807, 2.05) is 10.6 Å². The van der Waals surface area contributed by atoms with Crippen LogP contribution in [0.15, 0.2) is 30.3 Å². The summed E-state index contributed by atoms with van der Waals surface area (Å²) in [5.74, 6) is 2.09. The predicted octanol–water partition coefficient (Wildman–Crippen LogP) is 1.99. The van der Waals surface area contributed by atoms with Crippen LogP contribution < -0.4 is 5.32 Å². The minimum absolute atomic E-state index is 0.0842. The molecule has 3 heterocycles. The molecule has 0 bridgehead atoms. The predicted molar refractivity (Wildman–Crippen MR) is 95.7 cm³/mol. The van der Waals surface area contributed by atoms with E-state index in [0.717, 1.165) is 51.1 Å². The van der Waals surface area contributed by atoms with Gasteiger partial charge in [-0.2, -0.15) is 0 Å². The molecule has 26 heavy (non-hydrogen) atoms. The number of hydrogen-bond donors (Lipinski definition) is 1. The van der Waals surface area contributed by atoms with E-state index in [9.17, 15) is 4.79 Å². The number of nitrogens with zero attached hydrogens (tertiary/aromatic N) is 3. The van der Waals surface area contributed by atoms with E-state index in [1.54, 1.807) is 0 Å². The van der Waals surface area contributed by atoms with Crippen LogP contribution in [0.25, 0.3) is 0 Å². The van der Waals surface area contributed by atoms with Gasteiger partial charge in [0.1, 0.15) is 5.82 Å². The van der Waals surface area contributed by atoms with Crippen LogP contribution in [0, 0.1) is 11.8 Å². The van der Waals surface area contributed by atoms with Gasteiger partial charge in [-0.3, -0.25) is 4.79 Å². The van der Waals surface area contributed by atoms with E-state index < -0.39 is 0 Å². The number of aromatic nitrogens is 3. The van der Waals surface area contributed by atoms with Crippen LogP contribution in [0.2, 0.25) is 0 Å². The lowest BCUT2D eigenvalue weighted by molar-refractivity contribution is -0.0529. The molecule has 5 rings (SSSR count). The van der Waals surface area contributed by atoms with Gasteiger partial charge >= 0.3 is 0 Å². The summed E-state index contributed by atoms with van der Waals surface area (Å²) in [7, 11) is 0. The number of benzene rings is 1. The molecule has 2 fully saturated rings. The number of carbonyl (C=O) groups is 1.